The van der Waals surface area contributed by atoms with Gasteiger partial charge < -0.3 is 35.9 Å². The van der Waals surface area contributed by atoms with Crippen LogP contribution < -0.4 is 9.31 Å². The van der Waals surface area contributed by atoms with E-state index in [1.807, 2.05) is 24.3 Å². The van der Waals surface area contributed by atoms with E-state index in [1.54, 1.807) is 42.7 Å². The summed E-state index contributed by atoms with van der Waals surface area (Å²) in [6, 6.07) is 7.79. The molecule has 0 aliphatic carbocycles. The van der Waals surface area contributed by atoms with Crippen molar-refractivity contribution in [3.63, 3.8) is 0 Å². The highest BCUT2D eigenvalue weighted by Gasteiger charge is 2.63. The van der Waals surface area contributed by atoms with Crippen molar-refractivity contribution >= 4 is 24.7 Å². The van der Waals surface area contributed by atoms with Crippen LogP contribution >= 0.6 is 0 Å². The third-order valence-electron chi connectivity index (χ3n) is 4.37. The van der Waals surface area contributed by atoms with Crippen LogP contribution in [0.5, 0.6) is 11.5 Å². The first-order chi connectivity index (χ1) is 12.0. The van der Waals surface area contributed by atoms with Crippen LogP contribution in [-0.4, -0.2) is 67.4 Å². The van der Waals surface area contributed by atoms with E-state index in [4.69, 9.17) is 35.9 Å². The Morgan fingerprint density at radius 3 is 1.60 bits per heavy atom. The Morgan fingerprint density at radius 2 is 1.24 bits per heavy atom. The second-order valence-corrected chi connectivity index (χ2v) is 11.5. The fourth-order valence-electron chi connectivity index (χ4n) is 2.94. The van der Waals surface area contributed by atoms with E-state index in [2.05, 4.69) is 0 Å². The summed E-state index contributed by atoms with van der Waals surface area (Å²) in [5.41, 5.74) is -0.425. The van der Waals surface area contributed by atoms with Crippen molar-refractivity contribution in [1.82, 2.24) is 0 Å². The first-order valence-corrected chi connectivity index (χ1v) is 11.5. The van der Waals surface area contributed by atoms with E-state index in [0.29, 0.717) is 17.5 Å². The second-order valence-electron chi connectivity index (χ2n) is 5.37. The first-order valence-electron chi connectivity index (χ1n) is 7.77. The molecule has 1 atom stereocenters. The minimum Gasteiger partial charge on any atom is -0.523 e. The fourth-order valence-corrected chi connectivity index (χ4v) is 8.30. The number of fused-ring (bicyclic) bond motifs is 1. The van der Waals surface area contributed by atoms with Gasteiger partial charge in [-0.25, -0.2) is 0 Å². The minimum atomic E-state index is -3.16. The van der Waals surface area contributed by atoms with Crippen molar-refractivity contribution in [2.24, 2.45) is 0 Å². The normalized spacial score (nSPS) is 15.5. The molecule has 0 saturated carbocycles. The van der Waals surface area contributed by atoms with Gasteiger partial charge in [0.15, 0.2) is 0 Å². The van der Waals surface area contributed by atoms with Gasteiger partial charge in [-0.05, 0) is 12.1 Å². The van der Waals surface area contributed by atoms with Crippen molar-refractivity contribution in [1.29, 1.82) is 0 Å². The maximum atomic E-state index is 5.99. The van der Waals surface area contributed by atoms with Crippen LogP contribution in [0.3, 0.4) is 0 Å². The van der Waals surface area contributed by atoms with Crippen molar-refractivity contribution in [3.8, 4) is 11.5 Å². The summed E-state index contributed by atoms with van der Waals surface area (Å²) >= 11 is 0. The lowest BCUT2D eigenvalue weighted by Gasteiger charge is -2.35. The van der Waals surface area contributed by atoms with Gasteiger partial charge in [-0.1, -0.05) is 12.1 Å². The Hall–Kier alpha value is -0.921. The molecule has 1 aromatic rings. The Kier molecular flexibility index (Phi) is 7.05. The summed E-state index contributed by atoms with van der Waals surface area (Å²) in [5.74, 6) is 1.31. The zero-order chi connectivity index (χ0) is 18.5. The lowest BCUT2D eigenvalue weighted by atomic mass is 9.85. The number of rotatable bonds is 10. The van der Waals surface area contributed by atoms with E-state index in [0.717, 1.165) is 0 Å². The Bertz CT molecular complexity index is 514. The van der Waals surface area contributed by atoms with Gasteiger partial charge >= 0.3 is 24.7 Å². The highest BCUT2D eigenvalue weighted by molar-refractivity contribution is 6.80. The summed E-state index contributed by atoms with van der Waals surface area (Å²) in [6.45, 7) is 0. The Morgan fingerprint density at radius 1 is 0.800 bits per heavy atom. The monoisotopic (exact) mass is 388 g/mol. The zero-order valence-electron chi connectivity index (χ0n) is 15.4. The molecule has 0 fully saturated rings. The van der Waals surface area contributed by atoms with Crippen molar-refractivity contribution < 1.29 is 35.9 Å². The summed E-state index contributed by atoms with van der Waals surface area (Å²) in [6.07, 6.45) is 0. The fraction of sp³-hybridized carbons (Fsp3) is 0.571. The van der Waals surface area contributed by atoms with E-state index in [-0.39, 0.29) is 0 Å². The molecule has 0 bridgehead atoms. The molecule has 0 amide bonds. The first kappa shape index (κ1) is 20.4. The van der Waals surface area contributed by atoms with Gasteiger partial charge in [0, 0.05) is 48.7 Å². The van der Waals surface area contributed by atoms with Crippen LogP contribution in [-0.2, 0) is 26.6 Å². The van der Waals surface area contributed by atoms with Crippen LogP contribution in [0.25, 0.3) is 0 Å². The zero-order valence-corrected chi connectivity index (χ0v) is 17.4. The average molecular weight is 388 g/mol. The Balaban J connectivity index is 2.36. The summed E-state index contributed by atoms with van der Waals surface area (Å²) in [4.78, 5) is 0. The van der Waals surface area contributed by atoms with Crippen LogP contribution in [0.2, 0.25) is 11.5 Å². The lowest BCUT2D eigenvalue weighted by Crippen LogP contribution is -2.59. The number of para-hydroxylation sites is 2. The maximum Gasteiger partial charge on any atom is 0.602 e. The highest BCUT2D eigenvalue weighted by atomic mass is 28.4. The van der Waals surface area contributed by atoms with Gasteiger partial charge in [0.1, 0.15) is 11.5 Å². The van der Waals surface area contributed by atoms with E-state index < -0.39 is 30.2 Å². The van der Waals surface area contributed by atoms with Gasteiger partial charge in [-0.15, -0.1) is 0 Å². The molecule has 25 heavy (non-hydrogen) atoms. The van der Waals surface area contributed by atoms with E-state index in [1.165, 1.54) is 0 Å². The molecule has 0 aromatic heterocycles. The van der Waals surface area contributed by atoms with Crippen molar-refractivity contribution in [2.45, 2.75) is 11.5 Å². The van der Waals surface area contributed by atoms with Gasteiger partial charge in [0.2, 0.25) is 0 Å². The summed E-state index contributed by atoms with van der Waals surface area (Å²) in [5, 5.41) is 0. The molecular weight excluding hydrogens is 363 g/mol. The molecular formula is C14H25BO8Si2. The molecule has 1 aliphatic heterocycles. The molecule has 0 spiro atoms. The van der Waals surface area contributed by atoms with Crippen molar-refractivity contribution in [2.75, 3.05) is 42.7 Å². The van der Waals surface area contributed by atoms with E-state index in [9.17, 15) is 0 Å². The maximum absolute atomic E-state index is 5.99. The topological polar surface area (TPSA) is 73.8 Å². The van der Waals surface area contributed by atoms with Crippen LogP contribution in [0.1, 0.15) is 0 Å². The third-order valence-corrected chi connectivity index (χ3v) is 10.7. The smallest absolute Gasteiger partial charge is 0.523 e. The highest BCUT2D eigenvalue weighted by Crippen LogP contribution is 2.42. The second kappa shape index (κ2) is 8.64. The van der Waals surface area contributed by atoms with E-state index >= 15 is 0 Å². The molecule has 1 heterocycles. The van der Waals surface area contributed by atoms with Gasteiger partial charge in [0.05, 0.1) is 5.44 Å². The molecule has 0 radical (unpaired) electrons. The van der Waals surface area contributed by atoms with Gasteiger partial charge in [-0.2, -0.15) is 0 Å². The third kappa shape index (κ3) is 3.93. The lowest BCUT2D eigenvalue weighted by molar-refractivity contribution is 0.103. The number of hydrogen-bond donors (Lipinski definition) is 0. The standard InChI is InChI=1S/C14H25BO8Si2/c1-16-24(17-2,18-3)11-14(25(19-4,20-5)21-6)15-22-12-9-7-8-10-13(12)23-15/h7-10,14H,11H2,1-6H3. The van der Waals surface area contributed by atoms with Crippen LogP contribution in [0.4, 0.5) is 0 Å². The number of benzene rings is 1. The molecule has 1 unspecified atom stereocenters. The summed E-state index contributed by atoms with van der Waals surface area (Å²) in [7, 11) is 2.48. The summed E-state index contributed by atoms with van der Waals surface area (Å²) < 4.78 is 45.7. The largest absolute Gasteiger partial charge is 0.602 e. The minimum absolute atomic E-state index is 0.344. The molecule has 140 valence electrons. The molecule has 11 heteroatoms. The molecule has 1 aromatic carbocycles. The van der Waals surface area contributed by atoms with Crippen LogP contribution in [0, 0.1) is 0 Å². The van der Waals surface area contributed by atoms with Gasteiger partial charge in [0.25, 0.3) is 0 Å². The molecule has 0 N–H and O–H groups in total. The predicted molar refractivity (Wildman–Crippen MR) is 95.6 cm³/mol. The molecule has 0 saturated heterocycles. The average Bonchev–Trinajstić information content (AvgIpc) is 3.10. The Labute approximate surface area is 151 Å². The molecule has 8 nitrogen and oxygen atoms in total. The molecule has 2 rings (SSSR count). The number of hydrogen-bond acceptors (Lipinski definition) is 8. The van der Waals surface area contributed by atoms with Crippen LogP contribution in [0.15, 0.2) is 24.3 Å². The molecule has 1 aliphatic rings. The van der Waals surface area contributed by atoms with Gasteiger partial charge in [-0.3, -0.25) is 0 Å². The quantitative estimate of drug-likeness (QED) is 0.560. The SMILES string of the molecule is CO[Si](CC(B1Oc2ccccc2O1)[Si](OC)(OC)OC)(OC)OC. The van der Waals surface area contributed by atoms with Crippen molar-refractivity contribution in [3.05, 3.63) is 24.3 Å². The predicted octanol–water partition coefficient (Wildman–Crippen LogP) is 1.61.